The molecule has 0 atom stereocenters. The molecule has 0 aliphatic carbocycles. The third-order valence-electron chi connectivity index (χ3n) is 2.82. The molecule has 9 heteroatoms. The fourth-order valence-electron chi connectivity index (χ4n) is 1.82. The number of sulfonamides is 1. The van der Waals surface area contributed by atoms with Gasteiger partial charge in [-0.25, -0.2) is 13.1 Å². The smallest absolute Gasteiger partial charge is 0.211 e. The normalized spacial score (nSPS) is 11.2. The Hall–Kier alpha value is -2.26. The predicted octanol–water partition coefficient (Wildman–Crippen LogP) is 1.36. The molecule has 0 saturated heterocycles. The summed E-state index contributed by atoms with van der Waals surface area (Å²) in [5, 5.41) is 14.2. The molecule has 0 spiro atoms. The summed E-state index contributed by atoms with van der Waals surface area (Å²) in [6, 6.07) is 7.25. The van der Waals surface area contributed by atoms with Crippen molar-refractivity contribution in [3.05, 3.63) is 36.7 Å². The van der Waals surface area contributed by atoms with Gasteiger partial charge < -0.3 is 10.6 Å². The maximum atomic E-state index is 11.5. The van der Waals surface area contributed by atoms with Crippen LogP contribution in [0.1, 0.15) is 13.3 Å². The van der Waals surface area contributed by atoms with Gasteiger partial charge in [-0.2, -0.15) is 0 Å². The van der Waals surface area contributed by atoms with E-state index in [2.05, 4.69) is 30.5 Å². The lowest BCUT2D eigenvalue weighted by molar-refractivity contribution is 0.581. The fourth-order valence-corrected chi connectivity index (χ4v) is 2.91. The summed E-state index contributed by atoms with van der Waals surface area (Å²) in [4.78, 5) is 4.00. The van der Waals surface area contributed by atoms with Crippen molar-refractivity contribution in [2.75, 3.05) is 29.5 Å². The molecule has 0 fully saturated rings. The summed E-state index contributed by atoms with van der Waals surface area (Å²) in [5.41, 5.74) is 0.827. The van der Waals surface area contributed by atoms with Crippen LogP contribution in [0.4, 0.5) is 17.3 Å². The van der Waals surface area contributed by atoms with E-state index in [0.29, 0.717) is 31.1 Å². The quantitative estimate of drug-likeness (QED) is 0.593. The van der Waals surface area contributed by atoms with Crippen molar-refractivity contribution in [2.24, 2.45) is 0 Å². The molecule has 124 valence electrons. The minimum Gasteiger partial charge on any atom is -0.367 e. The molecule has 0 aliphatic rings. The molecule has 2 heterocycles. The largest absolute Gasteiger partial charge is 0.367 e. The van der Waals surface area contributed by atoms with Crippen LogP contribution in [0.15, 0.2) is 36.7 Å². The van der Waals surface area contributed by atoms with Crippen molar-refractivity contribution in [1.29, 1.82) is 0 Å². The monoisotopic (exact) mass is 336 g/mol. The molecule has 0 amide bonds. The topological polar surface area (TPSA) is 109 Å². The van der Waals surface area contributed by atoms with E-state index in [1.165, 1.54) is 0 Å². The van der Waals surface area contributed by atoms with Gasteiger partial charge in [-0.3, -0.25) is 4.98 Å². The molecule has 2 rings (SSSR count). The molecule has 2 aromatic heterocycles. The van der Waals surface area contributed by atoms with E-state index in [1.54, 1.807) is 24.5 Å². The highest BCUT2D eigenvalue weighted by Crippen LogP contribution is 2.12. The molecule has 0 radical (unpaired) electrons. The Morgan fingerprint density at radius 3 is 2.52 bits per heavy atom. The van der Waals surface area contributed by atoms with Crippen molar-refractivity contribution < 1.29 is 8.42 Å². The van der Waals surface area contributed by atoms with Gasteiger partial charge in [0.15, 0.2) is 5.82 Å². The second-order valence-corrected chi connectivity index (χ2v) is 6.74. The second kappa shape index (κ2) is 8.39. The molecule has 2 aromatic rings. The third-order valence-corrected chi connectivity index (χ3v) is 4.41. The van der Waals surface area contributed by atoms with E-state index in [1.807, 2.05) is 19.1 Å². The Labute approximate surface area is 135 Å². The second-order valence-electron chi connectivity index (χ2n) is 4.81. The van der Waals surface area contributed by atoms with Gasteiger partial charge in [0.05, 0.1) is 17.6 Å². The Bertz CT molecular complexity index is 691. The van der Waals surface area contributed by atoms with Crippen LogP contribution in [-0.4, -0.2) is 42.4 Å². The van der Waals surface area contributed by atoms with E-state index in [9.17, 15) is 8.42 Å². The first-order valence-corrected chi connectivity index (χ1v) is 8.96. The molecule has 0 bridgehead atoms. The minimum absolute atomic E-state index is 0.140. The summed E-state index contributed by atoms with van der Waals surface area (Å²) in [6.45, 7) is 2.57. The maximum absolute atomic E-state index is 11.5. The number of anilines is 3. The van der Waals surface area contributed by atoms with Gasteiger partial charge in [0.1, 0.15) is 5.82 Å². The molecule has 0 saturated carbocycles. The lowest BCUT2D eigenvalue weighted by Gasteiger charge is -2.08. The minimum atomic E-state index is -3.17. The summed E-state index contributed by atoms with van der Waals surface area (Å²) in [6.07, 6.45) is 3.98. The van der Waals surface area contributed by atoms with Crippen molar-refractivity contribution >= 4 is 27.3 Å². The Balaban J connectivity index is 1.77. The van der Waals surface area contributed by atoms with Crippen molar-refractivity contribution in [3.63, 3.8) is 0 Å². The van der Waals surface area contributed by atoms with Gasteiger partial charge in [0, 0.05) is 19.3 Å². The zero-order valence-corrected chi connectivity index (χ0v) is 13.7. The van der Waals surface area contributed by atoms with Gasteiger partial charge in [-0.15, -0.1) is 10.2 Å². The highest BCUT2D eigenvalue weighted by molar-refractivity contribution is 7.89. The number of rotatable bonds is 9. The Kier molecular flexibility index (Phi) is 6.24. The van der Waals surface area contributed by atoms with E-state index in [-0.39, 0.29) is 5.75 Å². The number of nitrogens with zero attached hydrogens (tertiary/aromatic N) is 3. The Morgan fingerprint density at radius 2 is 1.87 bits per heavy atom. The first-order valence-electron chi connectivity index (χ1n) is 7.31. The van der Waals surface area contributed by atoms with Crippen LogP contribution in [0, 0.1) is 0 Å². The van der Waals surface area contributed by atoms with Crippen molar-refractivity contribution in [3.8, 4) is 0 Å². The molecule has 3 N–H and O–H groups in total. The van der Waals surface area contributed by atoms with Crippen LogP contribution in [0.25, 0.3) is 0 Å². The SMILES string of the molecule is CCCS(=O)(=O)NCCNc1ccc(Nc2cccnc2)nn1. The third kappa shape index (κ3) is 6.17. The van der Waals surface area contributed by atoms with Crippen LogP contribution < -0.4 is 15.4 Å². The van der Waals surface area contributed by atoms with Crippen LogP contribution in [0.2, 0.25) is 0 Å². The van der Waals surface area contributed by atoms with Crippen molar-refractivity contribution in [1.82, 2.24) is 19.9 Å². The Morgan fingerprint density at radius 1 is 1.09 bits per heavy atom. The number of hydrogen-bond acceptors (Lipinski definition) is 7. The maximum Gasteiger partial charge on any atom is 0.211 e. The summed E-state index contributed by atoms with van der Waals surface area (Å²) in [5.74, 6) is 1.32. The molecule has 8 nitrogen and oxygen atoms in total. The molecule has 0 aliphatic heterocycles. The van der Waals surface area contributed by atoms with Gasteiger partial charge in [-0.05, 0) is 30.7 Å². The highest BCUT2D eigenvalue weighted by Gasteiger charge is 2.06. The summed E-state index contributed by atoms with van der Waals surface area (Å²) >= 11 is 0. The van der Waals surface area contributed by atoms with Crippen LogP contribution >= 0.6 is 0 Å². The van der Waals surface area contributed by atoms with Gasteiger partial charge in [0.2, 0.25) is 10.0 Å². The van der Waals surface area contributed by atoms with Crippen LogP contribution in [0.3, 0.4) is 0 Å². The van der Waals surface area contributed by atoms with Crippen LogP contribution in [0.5, 0.6) is 0 Å². The first kappa shape index (κ1) is 17.1. The summed E-state index contributed by atoms with van der Waals surface area (Å²) < 4.78 is 25.5. The van der Waals surface area contributed by atoms with Crippen LogP contribution in [-0.2, 0) is 10.0 Å². The van der Waals surface area contributed by atoms with E-state index < -0.39 is 10.0 Å². The lowest BCUT2D eigenvalue weighted by Crippen LogP contribution is -2.30. The fraction of sp³-hybridized carbons (Fsp3) is 0.357. The number of hydrogen-bond donors (Lipinski definition) is 3. The van der Waals surface area contributed by atoms with E-state index in [0.717, 1.165) is 5.69 Å². The van der Waals surface area contributed by atoms with Gasteiger partial charge >= 0.3 is 0 Å². The number of pyridine rings is 1. The van der Waals surface area contributed by atoms with E-state index in [4.69, 9.17) is 0 Å². The predicted molar refractivity (Wildman–Crippen MR) is 90.1 cm³/mol. The van der Waals surface area contributed by atoms with Gasteiger partial charge in [0.25, 0.3) is 0 Å². The lowest BCUT2D eigenvalue weighted by atomic mass is 10.4. The number of nitrogens with one attached hydrogen (secondary N) is 3. The zero-order chi connectivity index (χ0) is 16.5. The molecule has 23 heavy (non-hydrogen) atoms. The standard InChI is InChI=1S/C14H20N6O2S/c1-2-10-23(21,22)17-9-8-16-13-5-6-14(20-19-13)18-12-4-3-7-15-11-12/h3-7,11,17H,2,8-10H2,1H3,(H,16,19)(H,18,20). The number of aromatic nitrogens is 3. The first-order chi connectivity index (χ1) is 11.1. The van der Waals surface area contributed by atoms with E-state index >= 15 is 0 Å². The molecule has 0 aromatic carbocycles. The summed E-state index contributed by atoms with van der Waals surface area (Å²) in [7, 11) is -3.17. The van der Waals surface area contributed by atoms with Crippen molar-refractivity contribution in [2.45, 2.75) is 13.3 Å². The highest BCUT2D eigenvalue weighted by atomic mass is 32.2. The average molecular weight is 336 g/mol. The zero-order valence-electron chi connectivity index (χ0n) is 12.9. The average Bonchev–Trinajstić information content (AvgIpc) is 2.54. The van der Waals surface area contributed by atoms with Gasteiger partial charge in [-0.1, -0.05) is 6.92 Å². The molecular weight excluding hydrogens is 316 g/mol. The molecule has 0 unspecified atom stereocenters. The molecular formula is C14H20N6O2S.